The van der Waals surface area contributed by atoms with Gasteiger partial charge in [0.05, 0.1) is 11.0 Å². The lowest BCUT2D eigenvalue weighted by Crippen LogP contribution is -1.99. The zero-order chi connectivity index (χ0) is 17.4. The number of benzene rings is 1. The molecule has 3 aromatic heterocycles. The van der Waals surface area contributed by atoms with Crippen molar-refractivity contribution in [1.29, 1.82) is 0 Å². The van der Waals surface area contributed by atoms with Crippen molar-refractivity contribution in [1.82, 2.24) is 50.4 Å². The van der Waals surface area contributed by atoms with Crippen LogP contribution < -0.4 is 0 Å². The molecule has 126 valence electrons. The summed E-state index contributed by atoms with van der Waals surface area (Å²) in [5.41, 5.74) is 2.72. The minimum absolute atomic E-state index is 0.624. The summed E-state index contributed by atoms with van der Waals surface area (Å²) in [5, 5.41) is 25.7. The Hall–Kier alpha value is -2.60. The monoisotopic (exact) mass is 372 g/mol. The topological polar surface area (TPSA) is 113 Å². The van der Waals surface area contributed by atoms with E-state index < -0.39 is 0 Å². The minimum atomic E-state index is 0.624. The Kier molecular flexibility index (Phi) is 4.05. The highest BCUT2D eigenvalue weighted by molar-refractivity contribution is 8.02. The molecular formula is C13H12N10S2. The van der Waals surface area contributed by atoms with Gasteiger partial charge in [-0.1, -0.05) is 12.1 Å². The van der Waals surface area contributed by atoms with Crippen LogP contribution in [0.3, 0.4) is 0 Å². The molecule has 0 bridgehead atoms. The first kappa shape index (κ1) is 15.9. The standard InChI is InChI=1S/C13H12N10S2/c1-7-5-4-6-8-9(7)15-11(25-13-17-19-21-23(13)3)10(14-8)24-12-16-18-20-22(12)2/h4-6H,1-3H3. The number of hydrogen-bond acceptors (Lipinski definition) is 10. The lowest BCUT2D eigenvalue weighted by atomic mass is 10.2. The SMILES string of the molecule is Cc1cccc2nc(Sc3nnnn3C)c(Sc3nnnn3C)nc12. The maximum Gasteiger partial charge on any atom is 0.215 e. The Bertz CT molecular complexity index is 1060. The third-order valence-corrected chi connectivity index (χ3v) is 5.52. The summed E-state index contributed by atoms with van der Waals surface area (Å²) in [6.45, 7) is 2.01. The smallest absolute Gasteiger partial charge is 0.215 e. The number of para-hydroxylation sites is 1. The van der Waals surface area contributed by atoms with Crippen molar-refractivity contribution in [3.05, 3.63) is 23.8 Å². The number of fused-ring (bicyclic) bond motifs is 1. The van der Waals surface area contributed by atoms with Gasteiger partial charge in [-0.05, 0) is 62.9 Å². The summed E-state index contributed by atoms with van der Waals surface area (Å²) in [4.78, 5) is 9.55. The summed E-state index contributed by atoms with van der Waals surface area (Å²) in [6, 6.07) is 5.91. The lowest BCUT2D eigenvalue weighted by Gasteiger charge is -2.09. The van der Waals surface area contributed by atoms with Gasteiger partial charge in [-0.3, -0.25) is 0 Å². The van der Waals surface area contributed by atoms with Crippen LogP contribution >= 0.6 is 23.5 Å². The summed E-state index contributed by atoms with van der Waals surface area (Å²) in [6.07, 6.45) is 0. The average molecular weight is 372 g/mol. The zero-order valence-electron chi connectivity index (χ0n) is 13.5. The second-order valence-electron chi connectivity index (χ2n) is 5.15. The van der Waals surface area contributed by atoms with E-state index in [9.17, 15) is 0 Å². The fourth-order valence-electron chi connectivity index (χ4n) is 2.11. The van der Waals surface area contributed by atoms with Crippen LogP contribution in [0.1, 0.15) is 5.56 Å². The van der Waals surface area contributed by atoms with Crippen molar-refractivity contribution in [2.45, 2.75) is 27.3 Å². The maximum atomic E-state index is 4.79. The molecule has 0 aliphatic heterocycles. The first-order valence-electron chi connectivity index (χ1n) is 7.19. The van der Waals surface area contributed by atoms with E-state index in [4.69, 9.17) is 9.97 Å². The summed E-state index contributed by atoms with van der Waals surface area (Å²) < 4.78 is 3.18. The quantitative estimate of drug-likeness (QED) is 0.519. The number of rotatable bonds is 4. The molecule has 0 spiro atoms. The van der Waals surface area contributed by atoms with Crippen LogP contribution in [0.15, 0.2) is 38.6 Å². The highest BCUT2D eigenvalue weighted by Crippen LogP contribution is 2.35. The van der Waals surface area contributed by atoms with Gasteiger partial charge in [0.25, 0.3) is 0 Å². The van der Waals surface area contributed by atoms with Crippen LogP contribution in [0.25, 0.3) is 11.0 Å². The molecule has 1 aromatic carbocycles. The molecule has 0 saturated heterocycles. The molecule has 0 radical (unpaired) electrons. The molecule has 12 heteroatoms. The Morgan fingerprint density at radius 2 is 1.44 bits per heavy atom. The predicted octanol–water partition coefficient (Wildman–Crippen LogP) is 1.29. The molecule has 0 amide bonds. The molecule has 3 heterocycles. The van der Waals surface area contributed by atoms with Crippen LogP contribution in [0.4, 0.5) is 0 Å². The van der Waals surface area contributed by atoms with E-state index >= 15 is 0 Å². The van der Waals surface area contributed by atoms with Gasteiger partial charge in [-0.15, -0.1) is 10.2 Å². The van der Waals surface area contributed by atoms with Crippen molar-refractivity contribution >= 4 is 34.6 Å². The van der Waals surface area contributed by atoms with Crippen molar-refractivity contribution in [2.75, 3.05) is 0 Å². The fourth-order valence-corrected chi connectivity index (χ4v) is 3.74. The first-order chi connectivity index (χ1) is 12.1. The van der Waals surface area contributed by atoms with E-state index in [2.05, 4.69) is 31.1 Å². The Morgan fingerprint density at radius 1 is 0.840 bits per heavy atom. The minimum Gasteiger partial charge on any atom is -0.236 e. The van der Waals surface area contributed by atoms with Gasteiger partial charge in [0, 0.05) is 14.1 Å². The highest BCUT2D eigenvalue weighted by atomic mass is 32.2. The number of aryl methyl sites for hydroxylation is 3. The summed E-state index contributed by atoms with van der Waals surface area (Å²) in [5.74, 6) is 0. The normalized spacial score (nSPS) is 11.3. The molecule has 0 atom stereocenters. The number of aromatic nitrogens is 10. The second-order valence-corrected chi connectivity index (χ2v) is 7.06. The van der Waals surface area contributed by atoms with E-state index in [0.29, 0.717) is 20.4 Å². The van der Waals surface area contributed by atoms with Crippen LogP contribution in [-0.2, 0) is 14.1 Å². The van der Waals surface area contributed by atoms with E-state index in [1.54, 1.807) is 23.5 Å². The average Bonchev–Trinajstić information content (AvgIpc) is 3.18. The first-order valence-corrected chi connectivity index (χ1v) is 8.83. The molecule has 10 nitrogen and oxygen atoms in total. The predicted molar refractivity (Wildman–Crippen MR) is 90.1 cm³/mol. The van der Waals surface area contributed by atoms with Gasteiger partial charge in [-0.2, -0.15) is 0 Å². The summed E-state index contributed by atoms with van der Waals surface area (Å²) in [7, 11) is 3.56. The Balaban J connectivity index is 1.84. The number of hydrogen-bond donors (Lipinski definition) is 0. The molecule has 0 aliphatic carbocycles. The molecule has 0 unspecified atom stereocenters. The van der Waals surface area contributed by atoms with Gasteiger partial charge < -0.3 is 0 Å². The third-order valence-electron chi connectivity index (χ3n) is 3.37. The van der Waals surface area contributed by atoms with Crippen LogP contribution in [0, 0.1) is 6.92 Å². The van der Waals surface area contributed by atoms with Crippen molar-refractivity contribution in [3.8, 4) is 0 Å². The molecule has 0 fully saturated rings. The van der Waals surface area contributed by atoms with Crippen LogP contribution in [-0.4, -0.2) is 50.4 Å². The second kappa shape index (κ2) is 6.37. The van der Waals surface area contributed by atoms with E-state index in [1.165, 1.54) is 23.5 Å². The molecule has 25 heavy (non-hydrogen) atoms. The van der Waals surface area contributed by atoms with Gasteiger partial charge in [0.2, 0.25) is 10.3 Å². The third kappa shape index (κ3) is 3.05. The van der Waals surface area contributed by atoms with Gasteiger partial charge >= 0.3 is 0 Å². The van der Waals surface area contributed by atoms with Gasteiger partial charge in [0.1, 0.15) is 10.1 Å². The number of nitrogens with zero attached hydrogens (tertiary/aromatic N) is 10. The van der Waals surface area contributed by atoms with E-state index in [1.807, 2.05) is 25.1 Å². The van der Waals surface area contributed by atoms with Gasteiger partial charge in [0.15, 0.2) is 0 Å². The summed E-state index contributed by atoms with van der Waals surface area (Å²) >= 11 is 2.70. The number of tetrazole rings is 2. The van der Waals surface area contributed by atoms with Crippen LogP contribution in [0.5, 0.6) is 0 Å². The Morgan fingerprint density at radius 3 is 2.00 bits per heavy atom. The van der Waals surface area contributed by atoms with Crippen LogP contribution in [0.2, 0.25) is 0 Å². The molecule has 4 aromatic rings. The lowest BCUT2D eigenvalue weighted by molar-refractivity contribution is 0.662. The van der Waals surface area contributed by atoms with Crippen molar-refractivity contribution in [2.24, 2.45) is 14.1 Å². The largest absolute Gasteiger partial charge is 0.236 e. The Labute approximate surface area is 150 Å². The van der Waals surface area contributed by atoms with Crippen molar-refractivity contribution < 1.29 is 0 Å². The zero-order valence-corrected chi connectivity index (χ0v) is 15.2. The molecular weight excluding hydrogens is 360 g/mol. The highest BCUT2D eigenvalue weighted by Gasteiger charge is 2.18. The molecule has 0 N–H and O–H groups in total. The van der Waals surface area contributed by atoms with Gasteiger partial charge in [-0.25, -0.2) is 19.3 Å². The molecule has 0 saturated carbocycles. The maximum absolute atomic E-state index is 4.79. The molecule has 0 aliphatic rings. The molecule has 4 rings (SSSR count). The van der Waals surface area contributed by atoms with E-state index in [-0.39, 0.29) is 0 Å². The van der Waals surface area contributed by atoms with E-state index in [0.717, 1.165) is 16.6 Å². The van der Waals surface area contributed by atoms with Crippen molar-refractivity contribution in [3.63, 3.8) is 0 Å². The fraction of sp³-hybridized carbons (Fsp3) is 0.231.